The molecular formula is C11H14O4. The first-order valence-electron chi connectivity index (χ1n) is 4.96. The molecule has 1 fully saturated rings. The first-order chi connectivity index (χ1) is 7.29. The highest BCUT2D eigenvalue weighted by molar-refractivity contribution is 5.28. The molecule has 0 aliphatic carbocycles. The van der Waals surface area contributed by atoms with Gasteiger partial charge >= 0.3 is 0 Å². The normalized spacial score (nSPS) is 25.7. The molecule has 1 aromatic carbocycles. The lowest BCUT2D eigenvalue weighted by Gasteiger charge is -2.11. The van der Waals surface area contributed by atoms with Crippen molar-refractivity contribution in [3.63, 3.8) is 0 Å². The number of phenolic OH excluding ortho intramolecular Hbond substituents is 1. The Bertz CT molecular complexity index is 326. The maximum Gasteiger partial charge on any atom is 0.184 e. The first-order valence-corrected chi connectivity index (χ1v) is 4.96. The number of aliphatic hydroxyl groups excluding tert-OH is 1. The summed E-state index contributed by atoms with van der Waals surface area (Å²) in [4.78, 5) is 0. The molecule has 1 saturated heterocycles. The summed E-state index contributed by atoms with van der Waals surface area (Å²) in [7, 11) is 0. The van der Waals surface area contributed by atoms with E-state index in [2.05, 4.69) is 0 Å². The van der Waals surface area contributed by atoms with E-state index in [0.29, 0.717) is 13.0 Å². The van der Waals surface area contributed by atoms with Crippen LogP contribution >= 0.6 is 0 Å². The third kappa shape index (κ3) is 2.47. The van der Waals surface area contributed by atoms with Crippen LogP contribution < -0.4 is 0 Å². The van der Waals surface area contributed by atoms with E-state index in [-0.39, 0.29) is 18.5 Å². The molecule has 0 saturated carbocycles. The summed E-state index contributed by atoms with van der Waals surface area (Å²) in [5.74, 6) is 0.199. The fourth-order valence-corrected chi connectivity index (χ4v) is 1.59. The van der Waals surface area contributed by atoms with Gasteiger partial charge in [-0.2, -0.15) is 0 Å². The Morgan fingerprint density at radius 2 is 2.27 bits per heavy atom. The van der Waals surface area contributed by atoms with Crippen molar-refractivity contribution in [3.8, 4) is 5.75 Å². The maximum atomic E-state index is 9.29. The Balaban J connectivity index is 2.01. The van der Waals surface area contributed by atoms with Crippen molar-refractivity contribution in [2.24, 2.45) is 0 Å². The molecule has 1 aliphatic heterocycles. The van der Waals surface area contributed by atoms with E-state index < -0.39 is 6.29 Å². The summed E-state index contributed by atoms with van der Waals surface area (Å²) in [6.45, 7) is 0.585. The van der Waals surface area contributed by atoms with Gasteiger partial charge in [0.1, 0.15) is 5.75 Å². The summed E-state index contributed by atoms with van der Waals surface area (Å²) < 4.78 is 11.0. The average Bonchev–Trinajstić information content (AvgIpc) is 2.67. The molecule has 0 radical (unpaired) electrons. The number of hydrogen-bond donors (Lipinski definition) is 2. The van der Waals surface area contributed by atoms with Crippen molar-refractivity contribution in [3.05, 3.63) is 29.8 Å². The van der Waals surface area contributed by atoms with Crippen LogP contribution in [0.1, 0.15) is 18.3 Å². The van der Waals surface area contributed by atoms with Crippen LogP contribution in [0.5, 0.6) is 5.75 Å². The summed E-state index contributed by atoms with van der Waals surface area (Å²) in [6, 6.07) is 6.80. The fraction of sp³-hybridized carbons (Fsp3) is 0.455. The lowest BCUT2D eigenvalue weighted by Crippen LogP contribution is -2.11. The largest absolute Gasteiger partial charge is 0.508 e. The van der Waals surface area contributed by atoms with Gasteiger partial charge in [0.2, 0.25) is 0 Å². The molecule has 4 heteroatoms. The summed E-state index contributed by atoms with van der Waals surface area (Å²) in [5.41, 5.74) is 0.801. The monoisotopic (exact) mass is 210 g/mol. The number of rotatable bonds is 3. The van der Waals surface area contributed by atoms with Gasteiger partial charge in [-0.1, -0.05) is 12.1 Å². The van der Waals surface area contributed by atoms with Gasteiger partial charge in [-0.25, -0.2) is 0 Å². The smallest absolute Gasteiger partial charge is 0.184 e. The van der Waals surface area contributed by atoms with Crippen LogP contribution in [0.25, 0.3) is 0 Å². The number of ether oxygens (including phenoxy) is 2. The Kier molecular flexibility index (Phi) is 3.20. The zero-order chi connectivity index (χ0) is 10.7. The van der Waals surface area contributed by atoms with Crippen LogP contribution in [0, 0.1) is 0 Å². The van der Waals surface area contributed by atoms with Crippen molar-refractivity contribution in [1.82, 2.24) is 0 Å². The molecule has 2 unspecified atom stereocenters. The van der Waals surface area contributed by atoms with E-state index in [4.69, 9.17) is 14.6 Å². The van der Waals surface area contributed by atoms with Crippen LogP contribution in [0.4, 0.5) is 0 Å². The molecule has 0 spiro atoms. The average molecular weight is 210 g/mol. The molecule has 2 atom stereocenters. The quantitative estimate of drug-likeness (QED) is 0.786. The molecule has 4 nitrogen and oxygen atoms in total. The molecule has 1 aliphatic rings. The summed E-state index contributed by atoms with van der Waals surface area (Å²) >= 11 is 0. The van der Waals surface area contributed by atoms with E-state index in [1.165, 1.54) is 0 Å². The molecule has 82 valence electrons. The van der Waals surface area contributed by atoms with Gasteiger partial charge in [0.15, 0.2) is 6.29 Å². The molecule has 15 heavy (non-hydrogen) atoms. The minimum absolute atomic E-state index is 0.0534. The predicted octanol–water partition coefficient (Wildman–Crippen LogP) is 1.19. The van der Waals surface area contributed by atoms with Crippen molar-refractivity contribution in [2.45, 2.75) is 18.8 Å². The Morgan fingerprint density at radius 3 is 3.00 bits per heavy atom. The van der Waals surface area contributed by atoms with E-state index in [0.717, 1.165) is 5.56 Å². The summed E-state index contributed by atoms with van der Waals surface area (Å²) in [5, 5.41) is 18.0. The van der Waals surface area contributed by atoms with Crippen LogP contribution in [0.15, 0.2) is 24.3 Å². The molecule has 0 amide bonds. The van der Waals surface area contributed by atoms with Crippen molar-refractivity contribution < 1.29 is 19.7 Å². The van der Waals surface area contributed by atoms with Gasteiger partial charge in [-0.05, 0) is 18.6 Å². The van der Waals surface area contributed by atoms with E-state index >= 15 is 0 Å². The van der Waals surface area contributed by atoms with Crippen LogP contribution in [0.2, 0.25) is 0 Å². The second-order valence-electron chi connectivity index (χ2n) is 3.53. The highest BCUT2D eigenvalue weighted by Crippen LogP contribution is 2.29. The van der Waals surface area contributed by atoms with Crippen molar-refractivity contribution >= 4 is 0 Å². The molecule has 1 heterocycles. The molecule has 2 rings (SSSR count). The van der Waals surface area contributed by atoms with Crippen LogP contribution in [-0.2, 0) is 9.47 Å². The molecule has 2 N–H and O–H groups in total. The lowest BCUT2D eigenvalue weighted by molar-refractivity contribution is -0.0628. The van der Waals surface area contributed by atoms with Crippen LogP contribution in [-0.4, -0.2) is 29.5 Å². The third-order valence-electron chi connectivity index (χ3n) is 2.34. The third-order valence-corrected chi connectivity index (χ3v) is 2.34. The Morgan fingerprint density at radius 1 is 1.40 bits per heavy atom. The zero-order valence-electron chi connectivity index (χ0n) is 8.30. The molecule has 0 bridgehead atoms. The van der Waals surface area contributed by atoms with E-state index in [1.54, 1.807) is 18.2 Å². The summed E-state index contributed by atoms with van der Waals surface area (Å²) in [6.07, 6.45) is 0.103. The van der Waals surface area contributed by atoms with Gasteiger partial charge < -0.3 is 19.7 Å². The Labute approximate surface area is 88.1 Å². The van der Waals surface area contributed by atoms with E-state index in [1.807, 2.05) is 6.07 Å². The van der Waals surface area contributed by atoms with Crippen molar-refractivity contribution in [1.29, 1.82) is 0 Å². The first kappa shape index (κ1) is 10.4. The second kappa shape index (κ2) is 4.61. The lowest BCUT2D eigenvalue weighted by atomic mass is 10.2. The van der Waals surface area contributed by atoms with Gasteiger partial charge in [-0.15, -0.1) is 0 Å². The maximum absolute atomic E-state index is 9.29. The van der Waals surface area contributed by atoms with Crippen molar-refractivity contribution in [2.75, 3.05) is 13.2 Å². The van der Waals surface area contributed by atoms with Crippen LogP contribution in [0.3, 0.4) is 0 Å². The highest BCUT2D eigenvalue weighted by Gasteiger charge is 2.26. The molecule has 0 aromatic heterocycles. The van der Waals surface area contributed by atoms with Gasteiger partial charge in [-0.3, -0.25) is 0 Å². The number of benzene rings is 1. The zero-order valence-corrected chi connectivity index (χ0v) is 8.30. The highest BCUT2D eigenvalue weighted by atomic mass is 16.7. The molecule has 1 aromatic rings. The Hall–Kier alpha value is -1.10. The minimum Gasteiger partial charge on any atom is -0.508 e. The fourth-order valence-electron chi connectivity index (χ4n) is 1.59. The number of hydrogen-bond acceptors (Lipinski definition) is 4. The SMILES string of the molecule is OCCC1COC(c2cccc(O)c2)O1. The number of phenols is 1. The topological polar surface area (TPSA) is 58.9 Å². The predicted molar refractivity (Wildman–Crippen MR) is 53.4 cm³/mol. The second-order valence-corrected chi connectivity index (χ2v) is 3.53. The van der Waals surface area contributed by atoms with Gasteiger partial charge in [0.05, 0.1) is 12.7 Å². The number of aromatic hydroxyl groups is 1. The van der Waals surface area contributed by atoms with E-state index in [9.17, 15) is 5.11 Å². The minimum atomic E-state index is -0.423. The molecular weight excluding hydrogens is 196 g/mol. The number of aliphatic hydroxyl groups is 1. The standard InChI is InChI=1S/C11H14O4/c12-5-4-10-7-14-11(15-10)8-2-1-3-9(13)6-8/h1-3,6,10-13H,4-5,7H2. The van der Waals surface area contributed by atoms with Gasteiger partial charge in [0.25, 0.3) is 0 Å². The van der Waals surface area contributed by atoms with Gasteiger partial charge in [0, 0.05) is 12.2 Å².